The molecule has 1 atom stereocenters. The number of oxime groups is 1. The van der Waals surface area contributed by atoms with E-state index in [0.29, 0.717) is 18.0 Å². The molecule has 1 aromatic rings. The van der Waals surface area contributed by atoms with Crippen molar-refractivity contribution in [3.05, 3.63) is 34.9 Å². The predicted molar refractivity (Wildman–Crippen MR) is 80.9 cm³/mol. The van der Waals surface area contributed by atoms with Crippen molar-refractivity contribution in [1.29, 1.82) is 0 Å². The minimum atomic E-state index is 0.109. The third kappa shape index (κ3) is 4.83. The number of rotatable bonds is 7. The Hall–Kier alpha value is -1.59. The predicted octanol–water partition coefficient (Wildman–Crippen LogP) is 1.59. The van der Waals surface area contributed by atoms with Crippen LogP contribution in [0.15, 0.2) is 23.4 Å². The van der Waals surface area contributed by atoms with Crippen molar-refractivity contribution in [2.24, 2.45) is 16.8 Å². The van der Waals surface area contributed by atoms with E-state index in [1.165, 1.54) is 0 Å². The molecule has 0 aliphatic carbocycles. The lowest BCUT2D eigenvalue weighted by molar-refractivity contribution is 0.223. The highest BCUT2D eigenvalue weighted by molar-refractivity contribution is 5.97. The number of aliphatic hydroxyl groups is 1. The van der Waals surface area contributed by atoms with Crippen molar-refractivity contribution in [2.75, 3.05) is 6.61 Å². The molecule has 5 heteroatoms. The Labute approximate surface area is 120 Å². The molecular weight excluding hydrogens is 254 g/mol. The van der Waals surface area contributed by atoms with Gasteiger partial charge in [-0.25, -0.2) is 0 Å². The van der Waals surface area contributed by atoms with Gasteiger partial charge in [0.25, 0.3) is 0 Å². The second kappa shape index (κ2) is 7.87. The highest BCUT2D eigenvalue weighted by Crippen LogP contribution is 2.12. The molecule has 0 fully saturated rings. The molecule has 20 heavy (non-hydrogen) atoms. The van der Waals surface area contributed by atoms with Gasteiger partial charge in [-0.2, -0.15) is 0 Å². The van der Waals surface area contributed by atoms with Crippen molar-refractivity contribution in [1.82, 2.24) is 5.32 Å². The number of aliphatic hydroxyl groups excluding tert-OH is 1. The van der Waals surface area contributed by atoms with Gasteiger partial charge >= 0.3 is 0 Å². The first-order valence-corrected chi connectivity index (χ1v) is 6.89. The summed E-state index contributed by atoms with van der Waals surface area (Å²) in [6.45, 7) is 7.10. The van der Waals surface area contributed by atoms with E-state index in [2.05, 4.69) is 24.3 Å². The van der Waals surface area contributed by atoms with Crippen LogP contribution in [0.25, 0.3) is 0 Å². The maximum absolute atomic E-state index is 9.35. The topological polar surface area (TPSA) is 90.9 Å². The summed E-state index contributed by atoms with van der Waals surface area (Å²) < 4.78 is 0. The first kappa shape index (κ1) is 16.5. The average molecular weight is 279 g/mol. The summed E-state index contributed by atoms with van der Waals surface area (Å²) in [7, 11) is 0. The average Bonchev–Trinajstić information content (AvgIpc) is 2.43. The summed E-state index contributed by atoms with van der Waals surface area (Å²) in [4.78, 5) is 0. The van der Waals surface area contributed by atoms with Crippen LogP contribution in [-0.2, 0) is 6.54 Å². The van der Waals surface area contributed by atoms with Gasteiger partial charge in [-0.3, -0.25) is 0 Å². The first-order valence-electron chi connectivity index (χ1n) is 6.89. The number of hydrogen-bond acceptors (Lipinski definition) is 4. The van der Waals surface area contributed by atoms with E-state index in [0.717, 1.165) is 17.5 Å². The van der Waals surface area contributed by atoms with E-state index in [9.17, 15) is 5.11 Å². The molecule has 1 rings (SSSR count). The summed E-state index contributed by atoms with van der Waals surface area (Å²) >= 11 is 0. The Morgan fingerprint density at radius 1 is 1.40 bits per heavy atom. The molecule has 0 saturated carbocycles. The number of nitrogens with one attached hydrogen (secondary N) is 1. The first-order chi connectivity index (χ1) is 9.47. The summed E-state index contributed by atoms with van der Waals surface area (Å²) in [5, 5.41) is 24.4. The van der Waals surface area contributed by atoms with Gasteiger partial charge in [0, 0.05) is 18.2 Å². The smallest absolute Gasteiger partial charge is 0.170 e. The molecule has 112 valence electrons. The molecule has 0 aliphatic rings. The Morgan fingerprint density at radius 3 is 2.60 bits per heavy atom. The van der Waals surface area contributed by atoms with Crippen molar-refractivity contribution in [3.8, 4) is 0 Å². The van der Waals surface area contributed by atoms with Crippen LogP contribution in [0.5, 0.6) is 0 Å². The molecule has 0 radical (unpaired) electrons. The van der Waals surface area contributed by atoms with E-state index < -0.39 is 0 Å². The van der Waals surface area contributed by atoms with Crippen LogP contribution >= 0.6 is 0 Å². The van der Waals surface area contributed by atoms with E-state index in [1.54, 1.807) is 0 Å². The number of benzene rings is 1. The minimum absolute atomic E-state index is 0.109. The third-order valence-electron chi connectivity index (χ3n) is 3.30. The molecule has 0 bridgehead atoms. The molecule has 5 N–H and O–H groups in total. The van der Waals surface area contributed by atoms with Crippen LogP contribution in [0.4, 0.5) is 0 Å². The van der Waals surface area contributed by atoms with Crippen LogP contribution in [-0.4, -0.2) is 28.8 Å². The summed E-state index contributed by atoms with van der Waals surface area (Å²) in [6, 6.07) is 5.79. The van der Waals surface area contributed by atoms with Gasteiger partial charge in [-0.15, -0.1) is 0 Å². The quantitative estimate of drug-likeness (QED) is 0.264. The maximum Gasteiger partial charge on any atom is 0.170 e. The number of aryl methyl sites for hydroxylation is 1. The van der Waals surface area contributed by atoms with Crippen LogP contribution in [0, 0.1) is 12.8 Å². The zero-order valence-corrected chi connectivity index (χ0v) is 12.4. The Bertz CT molecular complexity index is 458. The Morgan fingerprint density at radius 2 is 2.10 bits per heavy atom. The summed E-state index contributed by atoms with van der Waals surface area (Å²) in [5.41, 5.74) is 8.48. The zero-order valence-electron chi connectivity index (χ0n) is 12.4. The van der Waals surface area contributed by atoms with Crippen molar-refractivity contribution >= 4 is 5.84 Å². The zero-order chi connectivity index (χ0) is 15.1. The van der Waals surface area contributed by atoms with E-state index in [4.69, 9.17) is 10.9 Å². The standard InChI is InChI=1S/C15H25N3O2/c1-10(2)6-14(9-19)17-8-13-5-4-12(7-11(13)3)15(16)18-20/h4-5,7,10,14,17,19-20H,6,8-9H2,1-3H3,(H2,16,18). The van der Waals surface area contributed by atoms with Crippen molar-refractivity contribution < 1.29 is 10.3 Å². The van der Waals surface area contributed by atoms with Gasteiger partial charge in [0.05, 0.1) is 6.61 Å². The minimum Gasteiger partial charge on any atom is -0.409 e. The van der Waals surface area contributed by atoms with Crippen LogP contribution in [0.3, 0.4) is 0 Å². The van der Waals surface area contributed by atoms with Crippen molar-refractivity contribution in [3.63, 3.8) is 0 Å². The monoisotopic (exact) mass is 279 g/mol. The van der Waals surface area contributed by atoms with Gasteiger partial charge in [-0.1, -0.05) is 31.1 Å². The normalized spacial score (nSPS) is 13.8. The molecule has 0 spiro atoms. The van der Waals surface area contributed by atoms with Gasteiger partial charge in [-0.05, 0) is 36.5 Å². The molecule has 1 aromatic carbocycles. The van der Waals surface area contributed by atoms with E-state index in [1.807, 2.05) is 25.1 Å². The van der Waals surface area contributed by atoms with Gasteiger partial charge < -0.3 is 21.4 Å². The lowest BCUT2D eigenvalue weighted by Crippen LogP contribution is -2.33. The fraction of sp³-hybridized carbons (Fsp3) is 0.533. The molecule has 1 unspecified atom stereocenters. The number of nitrogens with zero attached hydrogens (tertiary/aromatic N) is 1. The van der Waals surface area contributed by atoms with Gasteiger partial charge in [0.15, 0.2) is 5.84 Å². The summed E-state index contributed by atoms with van der Waals surface area (Å²) in [6.07, 6.45) is 0.942. The SMILES string of the molecule is Cc1cc(/C(N)=N/O)ccc1CNC(CO)CC(C)C. The summed E-state index contributed by atoms with van der Waals surface area (Å²) in [5.74, 6) is 0.657. The highest BCUT2D eigenvalue weighted by Gasteiger charge is 2.10. The molecule has 0 amide bonds. The molecule has 5 nitrogen and oxygen atoms in total. The number of hydrogen-bond donors (Lipinski definition) is 4. The van der Waals surface area contributed by atoms with Gasteiger partial charge in [0.1, 0.15) is 0 Å². The third-order valence-corrected chi connectivity index (χ3v) is 3.30. The Balaban J connectivity index is 2.69. The van der Waals surface area contributed by atoms with E-state index in [-0.39, 0.29) is 18.5 Å². The molecular formula is C15H25N3O2. The number of amidine groups is 1. The van der Waals surface area contributed by atoms with Crippen LogP contribution in [0.2, 0.25) is 0 Å². The van der Waals surface area contributed by atoms with Gasteiger partial charge in [0.2, 0.25) is 0 Å². The maximum atomic E-state index is 9.35. The number of nitrogens with two attached hydrogens (primary N) is 1. The molecule has 0 aliphatic heterocycles. The van der Waals surface area contributed by atoms with Crippen LogP contribution in [0.1, 0.15) is 37.0 Å². The fourth-order valence-electron chi connectivity index (χ4n) is 2.16. The van der Waals surface area contributed by atoms with E-state index >= 15 is 0 Å². The molecule has 0 saturated heterocycles. The van der Waals surface area contributed by atoms with Crippen molar-refractivity contribution in [2.45, 2.75) is 39.8 Å². The highest BCUT2D eigenvalue weighted by atomic mass is 16.4. The second-order valence-corrected chi connectivity index (χ2v) is 5.52. The van der Waals surface area contributed by atoms with Crippen LogP contribution < -0.4 is 11.1 Å². The molecule has 0 heterocycles. The largest absolute Gasteiger partial charge is 0.409 e. The second-order valence-electron chi connectivity index (χ2n) is 5.52. The molecule has 0 aromatic heterocycles. The fourth-order valence-corrected chi connectivity index (χ4v) is 2.16. The Kier molecular flexibility index (Phi) is 6.48. The lowest BCUT2D eigenvalue weighted by atomic mass is 10.0. The lowest BCUT2D eigenvalue weighted by Gasteiger charge is -2.19.